The fourth-order valence-corrected chi connectivity index (χ4v) is 3.11. The molecule has 2 N–H and O–H groups in total. The molecule has 1 heterocycles. The van der Waals surface area contributed by atoms with Gasteiger partial charge in [0.15, 0.2) is 0 Å². The third-order valence-electron chi connectivity index (χ3n) is 3.64. The number of carbonyl (C=O) groups is 1. The minimum absolute atomic E-state index is 0.186. The molecule has 0 aliphatic carbocycles. The Balaban J connectivity index is 2.50. The molecule has 0 aliphatic heterocycles. The van der Waals surface area contributed by atoms with E-state index in [0.29, 0.717) is 5.56 Å². The van der Waals surface area contributed by atoms with E-state index in [4.69, 9.17) is 0 Å². The minimum atomic E-state index is -2.74. The van der Waals surface area contributed by atoms with Gasteiger partial charge in [-0.3, -0.25) is 4.57 Å². The van der Waals surface area contributed by atoms with E-state index in [1.807, 2.05) is 0 Å². The molecule has 0 aliphatic rings. The third-order valence-corrected chi connectivity index (χ3v) is 5.32. The van der Waals surface area contributed by atoms with Gasteiger partial charge in [0.05, 0.1) is 11.6 Å². The summed E-state index contributed by atoms with van der Waals surface area (Å²) in [5.41, 5.74) is 0.403. The molecule has 1 aromatic heterocycles. The van der Waals surface area contributed by atoms with Crippen molar-refractivity contribution in [2.45, 2.75) is 44.9 Å². The highest BCUT2D eigenvalue weighted by Crippen LogP contribution is 2.32. The van der Waals surface area contributed by atoms with Crippen molar-refractivity contribution in [1.82, 2.24) is 9.29 Å². The molecule has 5 nitrogen and oxygen atoms in total. The van der Waals surface area contributed by atoms with Crippen LogP contribution in [0.3, 0.4) is 0 Å². The van der Waals surface area contributed by atoms with Crippen LogP contribution in [0.15, 0.2) is 24.4 Å². The van der Waals surface area contributed by atoms with Gasteiger partial charge < -0.3 is 9.66 Å². The van der Waals surface area contributed by atoms with Crippen molar-refractivity contribution in [1.29, 1.82) is 0 Å². The van der Waals surface area contributed by atoms with E-state index in [0.717, 1.165) is 4.57 Å². The van der Waals surface area contributed by atoms with E-state index in [1.165, 1.54) is 24.4 Å². The van der Waals surface area contributed by atoms with Crippen LogP contribution in [-0.4, -0.2) is 25.1 Å². The first-order valence-electron chi connectivity index (χ1n) is 7.36. The lowest BCUT2D eigenvalue weighted by Gasteiger charge is -2.26. The molecule has 8 heteroatoms. The molecule has 0 bridgehead atoms. The molecule has 0 amide bonds. The number of alkyl halides is 2. The van der Waals surface area contributed by atoms with E-state index in [9.17, 15) is 23.2 Å². The van der Waals surface area contributed by atoms with Gasteiger partial charge in [-0.15, -0.1) is 4.72 Å². The number of rotatable bonds is 4. The first-order valence-corrected chi connectivity index (χ1v) is 8.51. The molecule has 0 fully saturated rings. The molecule has 2 rings (SSSR count). The van der Waals surface area contributed by atoms with E-state index in [2.05, 4.69) is 4.72 Å². The van der Waals surface area contributed by atoms with Crippen molar-refractivity contribution >= 4 is 28.4 Å². The van der Waals surface area contributed by atoms with Gasteiger partial charge >= 0.3 is 6.09 Å². The molecule has 0 saturated heterocycles. The molecule has 0 unspecified atom stereocenters. The number of carboxylic acid groups (broad SMARTS) is 1. The quantitative estimate of drug-likeness (QED) is 0.802. The molecule has 1 aromatic carbocycles. The Morgan fingerprint density at radius 3 is 2.50 bits per heavy atom. The van der Waals surface area contributed by atoms with E-state index in [-0.39, 0.29) is 16.5 Å². The van der Waals surface area contributed by atoms with Gasteiger partial charge in [-0.05, 0) is 51.5 Å². The fourth-order valence-electron chi connectivity index (χ4n) is 2.30. The standard InChI is InChI=1S/C16H20F2N2O3S/c1-9(19-24(23)16(2,3)4)10-7-12(14(17)18)11-5-6-20(15(21)22)13(11)8-10/h5-9,14,19H,1-4H3,(H,21,22)/t9-,24-/m1/s1. The predicted octanol–water partition coefficient (Wildman–Crippen LogP) is 4.22. The number of benzene rings is 1. The lowest BCUT2D eigenvalue weighted by Crippen LogP contribution is -2.40. The number of fused-ring (bicyclic) bond motifs is 1. The number of aromatic nitrogens is 1. The number of halogens is 2. The third kappa shape index (κ3) is 3.71. The first kappa shape index (κ1) is 18.7. The Morgan fingerprint density at radius 2 is 2.00 bits per heavy atom. The van der Waals surface area contributed by atoms with Gasteiger partial charge in [0.25, 0.3) is 6.43 Å². The van der Waals surface area contributed by atoms with Crippen LogP contribution < -0.4 is 4.72 Å². The summed E-state index contributed by atoms with van der Waals surface area (Å²) in [6.45, 7) is 7.10. The van der Waals surface area contributed by atoms with Crippen LogP contribution >= 0.6 is 0 Å². The Morgan fingerprint density at radius 1 is 1.38 bits per heavy atom. The van der Waals surface area contributed by atoms with Crippen LogP contribution in [0.4, 0.5) is 13.6 Å². The van der Waals surface area contributed by atoms with Gasteiger partial charge in [0.2, 0.25) is 0 Å². The number of hydrogen-bond donors (Lipinski definition) is 2. The zero-order valence-corrected chi connectivity index (χ0v) is 14.7. The highest BCUT2D eigenvalue weighted by Gasteiger charge is 2.29. The molecule has 132 valence electrons. The van der Waals surface area contributed by atoms with Gasteiger partial charge in [0, 0.05) is 28.5 Å². The van der Waals surface area contributed by atoms with Gasteiger partial charge in [-0.1, -0.05) is 0 Å². The molecule has 24 heavy (non-hydrogen) atoms. The van der Waals surface area contributed by atoms with E-state index in [1.54, 1.807) is 27.7 Å². The molecule has 2 aromatic rings. The second-order valence-electron chi connectivity index (χ2n) is 6.53. The minimum Gasteiger partial charge on any atom is -0.598 e. The van der Waals surface area contributed by atoms with Crippen molar-refractivity contribution in [3.63, 3.8) is 0 Å². The second-order valence-corrected chi connectivity index (χ2v) is 8.53. The summed E-state index contributed by atoms with van der Waals surface area (Å²) in [6, 6.07) is 3.74. The van der Waals surface area contributed by atoms with Gasteiger partial charge in [0.1, 0.15) is 4.75 Å². The zero-order valence-electron chi connectivity index (χ0n) is 13.8. The Kier molecular flexibility index (Phi) is 5.22. The van der Waals surface area contributed by atoms with Crippen LogP contribution in [0, 0.1) is 0 Å². The maximum atomic E-state index is 13.4. The Labute approximate surface area is 142 Å². The molecular weight excluding hydrogens is 338 g/mol. The Bertz CT molecular complexity index is 756. The predicted molar refractivity (Wildman–Crippen MR) is 89.8 cm³/mol. The molecule has 0 radical (unpaired) electrons. The van der Waals surface area contributed by atoms with Crippen LogP contribution in [0.1, 0.15) is 51.3 Å². The zero-order chi connectivity index (χ0) is 18.2. The highest BCUT2D eigenvalue weighted by molar-refractivity contribution is 7.90. The van der Waals surface area contributed by atoms with E-state index >= 15 is 0 Å². The number of hydrogen-bond acceptors (Lipinski definition) is 3. The average molecular weight is 358 g/mol. The van der Waals surface area contributed by atoms with Gasteiger partial charge in [-0.2, -0.15) is 0 Å². The van der Waals surface area contributed by atoms with Gasteiger partial charge in [-0.25, -0.2) is 13.6 Å². The maximum absolute atomic E-state index is 13.4. The molecular formula is C16H20F2N2O3S. The van der Waals surface area contributed by atoms with Crippen LogP contribution in [-0.2, 0) is 11.4 Å². The summed E-state index contributed by atoms with van der Waals surface area (Å²) in [6.07, 6.45) is -2.74. The summed E-state index contributed by atoms with van der Waals surface area (Å²) in [5, 5.41) is 9.39. The summed E-state index contributed by atoms with van der Waals surface area (Å²) in [5.74, 6) is 0. The van der Waals surface area contributed by atoms with Crippen LogP contribution in [0.25, 0.3) is 10.9 Å². The molecule has 0 saturated carbocycles. The van der Waals surface area contributed by atoms with Crippen molar-refractivity contribution in [2.24, 2.45) is 0 Å². The maximum Gasteiger partial charge on any atom is 0.415 e. The van der Waals surface area contributed by atoms with Crippen LogP contribution in [0.5, 0.6) is 0 Å². The van der Waals surface area contributed by atoms with Crippen molar-refractivity contribution in [3.8, 4) is 0 Å². The number of nitrogens with one attached hydrogen (secondary N) is 1. The highest BCUT2D eigenvalue weighted by atomic mass is 32.2. The van der Waals surface area contributed by atoms with Crippen LogP contribution in [0.2, 0.25) is 0 Å². The topological polar surface area (TPSA) is 77.3 Å². The summed E-state index contributed by atoms with van der Waals surface area (Å²) < 4.78 is 42.2. The lowest BCUT2D eigenvalue weighted by atomic mass is 10.0. The number of nitrogens with zero attached hydrogens (tertiary/aromatic N) is 1. The summed E-state index contributed by atoms with van der Waals surface area (Å²) >= 11 is -1.38. The molecule has 0 spiro atoms. The summed E-state index contributed by atoms with van der Waals surface area (Å²) in [7, 11) is 0. The molecule has 2 atom stereocenters. The van der Waals surface area contributed by atoms with Crippen molar-refractivity contribution in [3.05, 3.63) is 35.5 Å². The fraction of sp³-hybridized carbons (Fsp3) is 0.438. The lowest BCUT2D eigenvalue weighted by molar-refractivity contribution is 0.153. The largest absolute Gasteiger partial charge is 0.598 e. The smallest absolute Gasteiger partial charge is 0.415 e. The SMILES string of the molecule is C[C@@H](N[S@+]([O-])C(C)(C)C)c1cc(C(F)F)c2ccn(C(=O)O)c2c1. The monoisotopic (exact) mass is 358 g/mol. The second kappa shape index (κ2) is 6.70. The Hall–Kier alpha value is -1.64. The van der Waals surface area contributed by atoms with E-state index < -0.39 is 34.7 Å². The average Bonchev–Trinajstić information content (AvgIpc) is 2.88. The van der Waals surface area contributed by atoms with Crippen molar-refractivity contribution in [2.75, 3.05) is 0 Å². The first-order chi connectivity index (χ1) is 11.0. The van der Waals surface area contributed by atoms with Crippen molar-refractivity contribution < 1.29 is 23.2 Å². The normalized spacial score (nSPS) is 15.0. The summed E-state index contributed by atoms with van der Waals surface area (Å²) in [4.78, 5) is 11.3.